The van der Waals surface area contributed by atoms with Gasteiger partial charge < -0.3 is 10.1 Å². The number of hydrogen-bond donors (Lipinski definition) is 3. The predicted octanol–water partition coefficient (Wildman–Crippen LogP) is 2.73. The van der Waals surface area contributed by atoms with Crippen molar-refractivity contribution < 1.29 is 11.4 Å². The van der Waals surface area contributed by atoms with Gasteiger partial charge in [0.2, 0.25) is 0 Å². The number of nitrogens with zero attached hydrogens (tertiary/aromatic N) is 2. The molecule has 128 valence electrons. The van der Waals surface area contributed by atoms with Gasteiger partial charge >= 0.3 is 0 Å². The van der Waals surface area contributed by atoms with Gasteiger partial charge in [0, 0.05) is 32.7 Å². The number of fused-ring (bicyclic) bond motifs is 1. The second-order valence-corrected chi connectivity index (χ2v) is 6.36. The van der Waals surface area contributed by atoms with Crippen molar-refractivity contribution in [3.8, 4) is 11.4 Å². The first-order valence-electron chi connectivity index (χ1n) is 8.54. The summed E-state index contributed by atoms with van der Waals surface area (Å²) in [4.78, 5) is 9.76. The molecule has 0 amide bonds. The summed E-state index contributed by atoms with van der Waals surface area (Å²) in [7, 11) is 0. The summed E-state index contributed by atoms with van der Waals surface area (Å²) in [6.45, 7) is 3.42. The zero-order valence-electron chi connectivity index (χ0n) is 13.6. The van der Waals surface area contributed by atoms with Crippen LogP contribution in [0.1, 0.15) is 37.1 Å². The molecule has 3 N–H and O–H groups in total. The average Bonchev–Trinajstić information content (AvgIpc) is 2.68. The van der Waals surface area contributed by atoms with E-state index in [9.17, 15) is 0 Å². The summed E-state index contributed by atoms with van der Waals surface area (Å²) in [6.07, 6.45) is 3.06. The zero-order valence-corrected chi connectivity index (χ0v) is 13.6. The number of anilines is 1. The third kappa shape index (κ3) is 3.00. The van der Waals surface area contributed by atoms with Crippen LogP contribution in [0.2, 0.25) is 0 Å². The third-order valence-corrected chi connectivity index (χ3v) is 4.85. The number of aromatic nitrogens is 2. The summed E-state index contributed by atoms with van der Waals surface area (Å²) < 4.78 is 5.52. The predicted molar refractivity (Wildman–Crippen MR) is 93.2 cm³/mol. The van der Waals surface area contributed by atoms with Crippen LogP contribution in [0.5, 0.6) is 0 Å². The van der Waals surface area contributed by atoms with Crippen LogP contribution in [0, 0.1) is 0 Å². The normalized spacial score (nSPS) is 18.2. The van der Waals surface area contributed by atoms with Crippen LogP contribution < -0.4 is 10.8 Å². The van der Waals surface area contributed by atoms with E-state index in [1.165, 1.54) is 11.3 Å². The zero-order chi connectivity index (χ0) is 16.4. The highest BCUT2D eigenvalue weighted by molar-refractivity contribution is 5.60. The fraction of sp³-hybridized carbons (Fsp3) is 0.444. The van der Waals surface area contributed by atoms with E-state index in [0.29, 0.717) is 11.6 Å². The van der Waals surface area contributed by atoms with Crippen molar-refractivity contribution in [3.63, 3.8) is 0 Å². The smallest absolute Gasteiger partial charge is 0.159 e. The highest BCUT2D eigenvalue weighted by Gasteiger charge is 2.25. The molecule has 0 unspecified atom stereocenters. The Labute approximate surface area is 142 Å². The van der Waals surface area contributed by atoms with Crippen molar-refractivity contribution in [2.75, 3.05) is 25.2 Å². The molecule has 24 heavy (non-hydrogen) atoms. The number of ether oxygens (including phenoxy) is 1. The molecule has 3 heterocycles. The molecule has 0 spiro atoms. The first-order chi connectivity index (χ1) is 11.8. The van der Waals surface area contributed by atoms with Crippen molar-refractivity contribution in [1.29, 1.82) is 0 Å². The van der Waals surface area contributed by atoms with Crippen molar-refractivity contribution >= 4 is 5.69 Å². The largest absolute Gasteiger partial charge is 0.381 e. The van der Waals surface area contributed by atoms with E-state index in [0.717, 1.165) is 62.6 Å². The molecule has 4 rings (SSSR count). The Balaban J connectivity index is 0.00000182. The second kappa shape index (κ2) is 6.84. The van der Waals surface area contributed by atoms with Gasteiger partial charge in [-0.3, -0.25) is 10.7 Å². The lowest BCUT2D eigenvalue weighted by molar-refractivity contribution is 0.0842. The Bertz CT molecular complexity index is 718. The van der Waals surface area contributed by atoms with E-state index in [1.807, 2.05) is 24.3 Å². The van der Waals surface area contributed by atoms with Crippen LogP contribution >= 0.6 is 0 Å². The third-order valence-electron chi connectivity index (χ3n) is 4.85. The summed E-state index contributed by atoms with van der Waals surface area (Å²) >= 11 is 0. The van der Waals surface area contributed by atoms with Gasteiger partial charge in [-0.05, 0) is 55.6 Å². The Kier molecular flexibility index (Phi) is 4.42. The van der Waals surface area contributed by atoms with Gasteiger partial charge in [0.1, 0.15) is 0 Å². The van der Waals surface area contributed by atoms with E-state index in [2.05, 4.69) is 10.8 Å². The minimum absolute atomic E-state index is 0. The van der Waals surface area contributed by atoms with Crippen LogP contribution in [-0.2, 0) is 17.7 Å². The van der Waals surface area contributed by atoms with Gasteiger partial charge in [-0.25, -0.2) is 9.97 Å². The van der Waals surface area contributed by atoms with Crippen molar-refractivity contribution in [2.24, 2.45) is 0 Å². The maximum atomic E-state index is 8.97. The molecule has 1 aromatic carbocycles. The summed E-state index contributed by atoms with van der Waals surface area (Å²) in [6, 6.07) is 7.52. The maximum absolute atomic E-state index is 8.97. The Hall–Kier alpha value is -2.02. The van der Waals surface area contributed by atoms with E-state index >= 15 is 0 Å². The number of nitrogens with one attached hydrogen (secondary N) is 2. The van der Waals surface area contributed by atoms with E-state index in [-0.39, 0.29) is 1.43 Å². The van der Waals surface area contributed by atoms with Crippen molar-refractivity contribution in [1.82, 2.24) is 15.3 Å². The molecule has 1 saturated heterocycles. The Morgan fingerprint density at radius 1 is 1.17 bits per heavy atom. The molecule has 0 radical (unpaired) electrons. The summed E-state index contributed by atoms with van der Waals surface area (Å²) in [5.41, 5.74) is 7.44. The van der Waals surface area contributed by atoms with Crippen LogP contribution in [0.25, 0.3) is 11.4 Å². The average molecular weight is 328 g/mol. The topological polar surface area (TPSA) is 79.3 Å². The molecule has 2 aliphatic heterocycles. The SMILES string of the molecule is ONc1ccc(-c2nc3c(c(C4CCOCC4)n2)CCNC3)cc1.[HH]. The molecule has 0 bridgehead atoms. The lowest BCUT2D eigenvalue weighted by atomic mass is 9.89. The molecule has 2 aromatic rings. The maximum Gasteiger partial charge on any atom is 0.159 e. The first kappa shape index (κ1) is 15.5. The van der Waals surface area contributed by atoms with Gasteiger partial charge in [0.25, 0.3) is 0 Å². The molecule has 6 nitrogen and oxygen atoms in total. The van der Waals surface area contributed by atoms with Crippen molar-refractivity contribution in [2.45, 2.75) is 31.7 Å². The van der Waals surface area contributed by atoms with Gasteiger partial charge in [0.15, 0.2) is 5.82 Å². The summed E-state index contributed by atoms with van der Waals surface area (Å²) in [5.74, 6) is 1.23. The molecule has 0 aliphatic carbocycles. The number of rotatable bonds is 3. The monoisotopic (exact) mass is 328 g/mol. The van der Waals surface area contributed by atoms with Gasteiger partial charge in [-0.15, -0.1) is 0 Å². The van der Waals surface area contributed by atoms with Crippen LogP contribution in [0.3, 0.4) is 0 Å². The Morgan fingerprint density at radius 2 is 1.96 bits per heavy atom. The quantitative estimate of drug-likeness (QED) is 0.752. The van der Waals surface area contributed by atoms with Gasteiger partial charge in [-0.1, -0.05) is 0 Å². The van der Waals surface area contributed by atoms with Crippen LogP contribution in [0.15, 0.2) is 24.3 Å². The van der Waals surface area contributed by atoms with Crippen LogP contribution in [-0.4, -0.2) is 34.9 Å². The molecule has 1 aromatic heterocycles. The molecular formula is C18H24N4O2. The highest BCUT2D eigenvalue weighted by atomic mass is 16.5. The highest BCUT2D eigenvalue weighted by Crippen LogP contribution is 2.32. The standard InChI is InChI=1S/C18H22N4O2.H2/c23-22-14-3-1-13(2-4-14)18-20-16-11-19-8-5-15(16)17(21-18)12-6-9-24-10-7-12;/h1-4,12,19,22-23H,5-11H2;1H. The Morgan fingerprint density at radius 3 is 2.71 bits per heavy atom. The molecule has 6 heteroatoms. The second-order valence-electron chi connectivity index (χ2n) is 6.36. The van der Waals surface area contributed by atoms with Gasteiger partial charge in [-0.2, -0.15) is 0 Å². The lowest BCUT2D eigenvalue weighted by Crippen LogP contribution is -2.28. The number of hydrogen-bond acceptors (Lipinski definition) is 6. The van der Waals surface area contributed by atoms with Crippen molar-refractivity contribution in [3.05, 3.63) is 41.2 Å². The molecule has 0 atom stereocenters. The van der Waals surface area contributed by atoms with E-state index in [1.54, 1.807) is 0 Å². The molecule has 0 saturated carbocycles. The van der Waals surface area contributed by atoms with Gasteiger partial charge in [0.05, 0.1) is 17.1 Å². The van der Waals surface area contributed by atoms with E-state index < -0.39 is 0 Å². The number of benzene rings is 1. The molecular weight excluding hydrogens is 304 g/mol. The lowest BCUT2D eigenvalue weighted by Gasteiger charge is -2.27. The van der Waals surface area contributed by atoms with Crippen LogP contribution in [0.4, 0.5) is 5.69 Å². The molecule has 2 aliphatic rings. The molecule has 1 fully saturated rings. The minimum atomic E-state index is 0. The first-order valence-corrected chi connectivity index (χ1v) is 8.54. The fourth-order valence-electron chi connectivity index (χ4n) is 3.52. The summed E-state index contributed by atoms with van der Waals surface area (Å²) in [5, 5.41) is 12.4. The van der Waals surface area contributed by atoms with E-state index in [4.69, 9.17) is 19.9 Å². The minimum Gasteiger partial charge on any atom is -0.381 e. The fourth-order valence-corrected chi connectivity index (χ4v) is 3.52.